The molecule has 1 saturated carbocycles. The first-order valence-electron chi connectivity index (χ1n) is 7.87. The van der Waals surface area contributed by atoms with Crippen LogP contribution >= 0.6 is 0 Å². The minimum atomic E-state index is -0.441. The molecule has 0 radical (unpaired) electrons. The van der Waals surface area contributed by atoms with Crippen molar-refractivity contribution in [3.8, 4) is 0 Å². The molecule has 0 heterocycles. The maximum Gasteiger partial charge on any atom is 0.407 e. The summed E-state index contributed by atoms with van der Waals surface area (Å²) in [6, 6.07) is 0.679. The Hall–Kier alpha value is -0.770. The van der Waals surface area contributed by atoms with Crippen molar-refractivity contribution in [1.29, 1.82) is 0 Å². The molecule has 118 valence electrons. The van der Waals surface area contributed by atoms with E-state index in [1.165, 1.54) is 19.3 Å². The van der Waals surface area contributed by atoms with Crippen molar-refractivity contribution in [3.05, 3.63) is 0 Å². The summed E-state index contributed by atoms with van der Waals surface area (Å²) in [5.41, 5.74) is -0.0759. The number of alkyl carbamates (subject to hydrolysis) is 1. The van der Waals surface area contributed by atoms with Crippen LogP contribution in [-0.4, -0.2) is 30.3 Å². The maximum atomic E-state index is 11.8. The van der Waals surface area contributed by atoms with Crippen molar-refractivity contribution >= 4 is 6.09 Å². The molecule has 2 unspecified atom stereocenters. The van der Waals surface area contributed by atoms with Gasteiger partial charge < -0.3 is 15.4 Å². The monoisotopic (exact) mass is 284 g/mol. The van der Waals surface area contributed by atoms with E-state index in [4.69, 9.17) is 4.74 Å². The van der Waals surface area contributed by atoms with E-state index >= 15 is 0 Å². The normalized spacial score (nSPS) is 23.4. The van der Waals surface area contributed by atoms with Gasteiger partial charge in [-0.2, -0.15) is 0 Å². The molecule has 0 aliphatic heterocycles. The van der Waals surface area contributed by atoms with E-state index in [1.807, 2.05) is 20.8 Å². The van der Waals surface area contributed by atoms with Crippen molar-refractivity contribution in [2.45, 2.75) is 84.9 Å². The third kappa shape index (κ3) is 5.70. The molecule has 0 aromatic heterocycles. The fraction of sp³-hybridized carbons (Fsp3) is 0.938. The topological polar surface area (TPSA) is 50.4 Å². The average molecular weight is 284 g/mol. The summed E-state index contributed by atoms with van der Waals surface area (Å²) in [7, 11) is 0. The summed E-state index contributed by atoms with van der Waals surface area (Å²) >= 11 is 0. The molecule has 0 bridgehead atoms. The molecular formula is C16H32N2O2. The van der Waals surface area contributed by atoms with Gasteiger partial charge in [-0.05, 0) is 45.4 Å². The Morgan fingerprint density at radius 1 is 1.40 bits per heavy atom. The van der Waals surface area contributed by atoms with Gasteiger partial charge in [0.25, 0.3) is 0 Å². The van der Waals surface area contributed by atoms with E-state index in [-0.39, 0.29) is 12.1 Å². The Kier molecular flexibility index (Phi) is 5.87. The van der Waals surface area contributed by atoms with Crippen LogP contribution in [0.2, 0.25) is 0 Å². The number of hydrogen-bond acceptors (Lipinski definition) is 3. The molecule has 0 aromatic carbocycles. The fourth-order valence-electron chi connectivity index (χ4n) is 2.76. The molecule has 2 N–H and O–H groups in total. The van der Waals surface area contributed by atoms with Gasteiger partial charge in [0.2, 0.25) is 0 Å². The summed E-state index contributed by atoms with van der Waals surface area (Å²) in [6.45, 7) is 13.2. The average Bonchev–Trinajstić information content (AvgIpc) is 2.61. The summed E-state index contributed by atoms with van der Waals surface area (Å²) in [5, 5.41) is 6.57. The fourth-order valence-corrected chi connectivity index (χ4v) is 2.76. The van der Waals surface area contributed by atoms with Crippen LogP contribution in [0.5, 0.6) is 0 Å². The standard InChI is InChI=1S/C16H32N2O2/c1-7-12(18-14(19)20-15(2,3)4)11-17-13-9-8-10-16(13,5)6/h12-13,17H,7-11H2,1-6H3,(H,18,19). The van der Waals surface area contributed by atoms with Gasteiger partial charge in [-0.15, -0.1) is 0 Å². The van der Waals surface area contributed by atoms with Crippen LogP contribution in [0.15, 0.2) is 0 Å². The first-order chi connectivity index (χ1) is 9.14. The van der Waals surface area contributed by atoms with Crippen LogP contribution in [0.3, 0.4) is 0 Å². The maximum absolute atomic E-state index is 11.8. The van der Waals surface area contributed by atoms with Gasteiger partial charge in [0, 0.05) is 18.6 Å². The third-order valence-electron chi connectivity index (χ3n) is 4.08. The Labute approximate surface area is 124 Å². The SMILES string of the molecule is CCC(CNC1CCCC1(C)C)NC(=O)OC(C)(C)C. The first kappa shape index (κ1) is 17.3. The molecule has 1 aliphatic carbocycles. The van der Waals surface area contributed by atoms with Crippen LogP contribution in [0.25, 0.3) is 0 Å². The second-order valence-electron chi connectivity index (χ2n) is 7.59. The third-order valence-corrected chi connectivity index (χ3v) is 4.08. The number of amides is 1. The molecule has 1 aliphatic rings. The Balaban J connectivity index is 2.38. The lowest BCUT2D eigenvalue weighted by Crippen LogP contribution is -2.48. The molecule has 1 fully saturated rings. The summed E-state index contributed by atoms with van der Waals surface area (Å²) in [6.07, 6.45) is 4.38. The predicted molar refractivity (Wildman–Crippen MR) is 82.9 cm³/mol. The van der Waals surface area contributed by atoms with Crippen LogP contribution in [0, 0.1) is 5.41 Å². The summed E-state index contributed by atoms with van der Waals surface area (Å²) in [5.74, 6) is 0. The van der Waals surface area contributed by atoms with Gasteiger partial charge in [0.15, 0.2) is 0 Å². The first-order valence-corrected chi connectivity index (χ1v) is 7.87. The molecule has 0 aromatic rings. The smallest absolute Gasteiger partial charge is 0.407 e. The Bertz CT molecular complexity index is 321. The second kappa shape index (κ2) is 6.79. The lowest BCUT2D eigenvalue weighted by molar-refractivity contribution is 0.0501. The molecule has 1 rings (SSSR count). The van der Waals surface area contributed by atoms with Crippen LogP contribution in [-0.2, 0) is 4.74 Å². The lowest BCUT2D eigenvalue weighted by atomic mass is 9.87. The molecule has 0 spiro atoms. The van der Waals surface area contributed by atoms with Crippen molar-refractivity contribution in [2.75, 3.05) is 6.54 Å². The number of rotatable bonds is 5. The zero-order valence-electron chi connectivity index (χ0n) is 14.0. The van der Waals surface area contributed by atoms with Crippen molar-refractivity contribution in [3.63, 3.8) is 0 Å². The Morgan fingerprint density at radius 3 is 2.50 bits per heavy atom. The lowest BCUT2D eigenvalue weighted by Gasteiger charge is -2.30. The number of nitrogens with one attached hydrogen (secondary N) is 2. The van der Waals surface area contributed by atoms with Gasteiger partial charge in [-0.3, -0.25) is 0 Å². The quantitative estimate of drug-likeness (QED) is 0.813. The van der Waals surface area contributed by atoms with E-state index < -0.39 is 5.60 Å². The van der Waals surface area contributed by atoms with E-state index in [0.29, 0.717) is 11.5 Å². The zero-order valence-corrected chi connectivity index (χ0v) is 14.0. The molecule has 4 nitrogen and oxygen atoms in total. The highest BCUT2D eigenvalue weighted by atomic mass is 16.6. The van der Waals surface area contributed by atoms with Crippen LogP contribution in [0.4, 0.5) is 4.79 Å². The predicted octanol–water partition coefficient (Wildman–Crippen LogP) is 3.46. The summed E-state index contributed by atoms with van der Waals surface area (Å²) < 4.78 is 5.30. The van der Waals surface area contributed by atoms with Gasteiger partial charge in [0.05, 0.1) is 0 Å². The molecule has 1 amide bonds. The van der Waals surface area contributed by atoms with E-state index in [9.17, 15) is 4.79 Å². The van der Waals surface area contributed by atoms with Crippen molar-refractivity contribution in [2.24, 2.45) is 5.41 Å². The Morgan fingerprint density at radius 2 is 2.05 bits per heavy atom. The van der Waals surface area contributed by atoms with Crippen molar-refractivity contribution < 1.29 is 9.53 Å². The number of carbonyl (C=O) groups is 1. The van der Waals surface area contributed by atoms with E-state index in [2.05, 4.69) is 31.4 Å². The van der Waals surface area contributed by atoms with Crippen LogP contribution < -0.4 is 10.6 Å². The molecule has 2 atom stereocenters. The van der Waals surface area contributed by atoms with E-state index in [0.717, 1.165) is 13.0 Å². The second-order valence-corrected chi connectivity index (χ2v) is 7.59. The molecular weight excluding hydrogens is 252 g/mol. The minimum absolute atomic E-state index is 0.126. The van der Waals surface area contributed by atoms with Crippen LogP contribution in [0.1, 0.15) is 67.2 Å². The van der Waals surface area contributed by atoms with Crippen molar-refractivity contribution in [1.82, 2.24) is 10.6 Å². The van der Waals surface area contributed by atoms with E-state index in [1.54, 1.807) is 0 Å². The highest BCUT2D eigenvalue weighted by molar-refractivity contribution is 5.68. The highest BCUT2D eigenvalue weighted by Gasteiger charge is 2.34. The molecule has 0 saturated heterocycles. The molecule has 4 heteroatoms. The number of carbonyl (C=O) groups excluding carboxylic acids is 1. The largest absolute Gasteiger partial charge is 0.444 e. The van der Waals surface area contributed by atoms with Gasteiger partial charge in [0.1, 0.15) is 5.60 Å². The van der Waals surface area contributed by atoms with Gasteiger partial charge >= 0.3 is 6.09 Å². The summed E-state index contributed by atoms with van der Waals surface area (Å²) in [4.78, 5) is 11.8. The highest BCUT2D eigenvalue weighted by Crippen LogP contribution is 2.37. The number of hydrogen-bond donors (Lipinski definition) is 2. The zero-order chi connectivity index (χ0) is 15.4. The van der Waals surface area contributed by atoms with Gasteiger partial charge in [-0.1, -0.05) is 27.2 Å². The molecule has 20 heavy (non-hydrogen) atoms. The number of ether oxygens (including phenoxy) is 1. The van der Waals surface area contributed by atoms with Gasteiger partial charge in [-0.25, -0.2) is 4.79 Å². The minimum Gasteiger partial charge on any atom is -0.444 e.